The molecule has 9 heteroatoms. The lowest BCUT2D eigenvalue weighted by molar-refractivity contribution is -0.141. The second kappa shape index (κ2) is 5.36. The summed E-state index contributed by atoms with van der Waals surface area (Å²) < 4.78 is 20.6. The van der Waals surface area contributed by atoms with E-state index in [9.17, 15) is 19.0 Å². The van der Waals surface area contributed by atoms with Gasteiger partial charge in [-0.05, 0) is 0 Å². The molecule has 1 unspecified atom stereocenters. The van der Waals surface area contributed by atoms with Crippen molar-refractivity contribution in [3.05, 3.63) is 0 Å². The van der Waals surface area contributed by atoms with E-state index < -0.39 is 31.2 Å². The van der Waals surface area contributed by atoms with Crippen molar-refractivity contribution in [3.8, 4) is 0 Å². The van der Waals surface area contributed by atoms with Gasteiger partial charge in [0.05, 0.1) is 13.0 Å². The maximum Gasteiger partial charge on any atom is 0.472 e. The maximum atomic E-state index is 11.8. The fraction of sp³-hybridized carbons (Fsp3) is 0.778. The van der Waals surface area contributed by atoms with Crippen LogP contribution < -0.4 is 5.32 Å². The zero-order chi connectivity index (χ0) is 14.0. The summed E-state index contributed by atoms with van der Waals surface area (Å²) in [5.41, 5.74) is -0.774. The van der Waals surface area contributed by atoms with Gasteiger partial charge in [0.1, 0.15) is 0 Å². The van der Waals surface area contributed by atoms with E-state index in [1.165, 1.54) is 0 Å². The number of carbonyl (C=O) groups excluding carboxylic acids is 1. The summed E-state index contributed by atoms with van der Waals surface area (Å²) in [7, 11) is -4.20. The minimum atomic E-state index is -4.20. The predicted octanol–water partition coefficient (Wildman–Crippen LogP) is 0.119. The highest BCUT2D eigenvalue weighted by atomic mass is 31.2. The monoisotopic (exact) mass is 281 g/mol. The Hall–Kier alpha value is -0.950. The topological polar surface area (TPSA) is 122 Å². The van der Waals surface area contributed by atoms with E-state index in [0.29, 0.717) is 0 Å². The molecule has 0 bridgehead atoms. The number of carboxylic acid groups (broad SMARTS) is 1. The Morgan fingerprint density at radius 2 is 2.11 bits per heavy atom. The summed E-state index contributed by atoms with van der Waals surface area (Å²) in [5.74, 6) is -1.67. The predicted molar refractivity (Wildman–Crippen MR) is 59.7 cm³/mol. The molecule has 1 saturated heterocycles. The molecule has 2 atom stereocenters. The van der Waals surface area contributed by atoms with E-state index >= 15 is 0 Å². The van der Waals surface area contributed by atoms with E-state index in [2.05, 4.69) is 9.84 Å². The first-order chi connectivity index (χ1) is 8.14. The van der Waals surface area contributed by atoms with Gasteiger partial charge in [-0.25, -0.2) is 4.57 Å². The first kappa shape index (κ1) is 15.1. The molecule has 0 aromatic heterocycles. The van der Waals surface area contributed by atoms with Gasteiger partial charge >= 0.3 is 13.8 Å². The van der Waals surface area contributed by atoms with Crippen molar-refractivity contribution in [1.82, 2.24) is 5.32 Å². The first-order valence-corrected chi connectivity index (χ1v) is 6.79. The van der Waals surface area contributed by atoms with Gasteiger partial charge in [0.2, 0.25) is 5.91 Å². The second-order valence-corrected chi connectivity index (χ2v) is 6.06. The van der Waals surface area contributed by atoms with Gasteiger partial charge in [0.25, 0.3) is 0 Å². The number of phosphoric acid groups is 1. The van der Waals surface area contributed by atoms with Gasteiger partial charge in [0, 0.05) is 12.0 Å². The van der Waals surface area contributed by atoms with Crippen LogP contribution in [-0.2, 0) is 23.2 Å². The number of rotatable bonds is 4. The molecule has 104 valence electrons. The highest BCUT2D eigenvalue weighted by Gasteiger charge is 2.47. The van der Waals surface area contributed by atoms with Crippen LogP contribution in [0.1, 0.15) is 20.3 Å². The third kappa shape index (κ3) is 4.06. The molecule has 0 radical (unpaired) electrons. The van der Waals surface area contributed by atoms with Gasteiger partial charge < -0.3 is 15.3 Å². The molecule has 1 rings (SSSR count). The highest BCUT2D eigenvalue weighted by molar-refractivity contribution is 7.47. The maximum absolute atomic E-state index is 11.8. The summed E-state index contributed by atoms with van der Waals surface area (Å²) in [6.45, 7) is 3.12. The van der Waals surface area contributed by atoms with Crippen LogP contribution in [-0.4, -0.2) is 41.1 Å². The Kier molecular flexibility index (Phi) is 4.50. The van der Waals surface area contributed by atoms with Crippen LogP contribution in [0, 0.1) is 5.41 Å². The molecule has 3 N–H and O–H groups in total. The van der Waals surface area contributed by atoms with Gasteiger partial charge in [-0.15, -0.1) is 0 Å². The summed E-state index contributed by atoms with van der Waals surface area (Å²) in [4.78, 5) is 31.2. The summed E-state index contributed by atoms with van der Waals surface area (Å²) in [6.07, 6.45) is -1.39. The smallest absolute Gasteiger partial charge is 0.472 e. The Bertz CT molecular complexity index is 394. The number of amides is 1. The quantitative estimate of drug-likeness (QED) is 0.625. The molecule has 1 fully saturated rings. The first-order valence-electron chi connectivity index (χ1n) is 5.29. The van der Waals surface area contributed by atoms with Crippen LogP contribution in [0.2, 0.25) is 0 Å². The van der Waals surface area contributed by atoms with Crippen molar-refractivity contribution in [3.63, 3.8) is 0 Å². The van der Waals surface area contributed by atoms with E-state index in [-0.39, 0.29) is 19.6 Å². The zero-order valence-electron chi connectivity index (χ0n) is 10.1. The fourth-order valence-electron chi connectivity index (χ4n) is 1.42. The summed E-state index contributed by atoms with van der Waals surface area (Å²) in [6, 6.07) is 0. The lowest BCUT2D eigenvalue weighted by atomic mass is 9.87. The van der Waals surface area contributed by atoms with E-state index in [1.807, 2.05) is 0 Å². The average Bonchev–Trinajstić information content (AvgIpc) is 2.21. The number of hydrogen-bond acceptors (Lipinski definition) is 5. The Morgan fingerprint density at radius 3 is 2.67 bits per heavy atom. The molecule has 1 aliphatic heterocycles. The second-order valence-electron chi connectivity index (χ2n) is 4.65. The van der Waals surface area contributed by atoms with Crippen LogP contribution in [0.3, 0.4) is 0 Å². The number of aliphatic carboxylic acids is 1. The molecule has 8 nitrogen and oxygen atoms in total. The molecule has 0 spiro atoms. The number of carbonyl (C=O) groups is 2. The van der Waals surface area contributed by atoms with Crippen molar-refractivity contribution in [2.75, 3.05) is 13.2 Å². The molecular weight excluding hydrogens is 265 g/mol. The molecule has 18 heavy (non-hydrogen) atoms. The molecule has 1 heterocycles. The van der Waals surface area contributed by atoms with Gasteiger partial charge in [-0.3, -0.25) is 18.6 Å². The van der Waals surface area contributed by atoms with E-state index in [1.54, 1.807) is 13.8 Å². The van der Waals surface area contributed by atoms with E-state index in [0.717, 1.165) is 0 Å². The van der Waals surface area contributed by atoms with Crippen LogP contribution in [0.15, 0.2) is 0 Å². The molecular formula is C9H16NO7P. The lowest BCUT2D eigenvalue weighted by Gasteiger charge is -2.37. The van der Waals surface area contributed by atoms with Gasteiger partial charge in [0.15, 0.2) is 6.10 Å². The number of nitrogens with one attached hydrogen (secondary N) is 1. The zero-order valence-corrected chi connectivity index (χ0v) is 11.0. The average molecular weight is 281 g/mol. The normalized spacial score (nSPS) is 30.7. The van der Waals surface area contributed by atoms with Crippen LogP contribution >= 0.6 is 7.82 Å². The Morgan fingerprint density at radius 1 is 1.50 bits per heavy atom. The number of carboxylic acids is 1. The third-order valence-corrected chi connectivity index (χ3v) is 3.36. The minimum Gasteiger partial charge on any atom is -0.481 e. The van der Waals surface area contributed by atoms with Crippen LogP contribution in [0.5, 0.6) is 0 Å². The lowest BCUT2D eigenvalue weighted by Crippen LogP contribution is -2.49. The van der Waals surface area contributed by atoms with Crippen LogP contribution in [0.4, 0.5) is 0 Å². The highest BCUT2D eigenvalue weighted by Crippen LogP contribution is 2.52. The van der Waals surface area contributed by atoms with E-state index in [4.69, 9.17) is 9.63 Å². The third-order valence-electron chi connectivity index (χ3n) is 2.42. The molecule has 1 aliphatic rings. The molecule has 0 aromatic carbocycles. The molecule has 0 saturated carbocycles. The Balaban J connectivity index is 2.63. The van der Waals surface area contributed by atoms with Gasteiger partial charge in [-0.2, -0.15) is 0 Å². The van der Waals surface area contributed by atoms with Crippen LogP contribution in [0.25, 0.3) is 0 Å². The molecule has 0 aromatic rings. The Labute approximate surface area is 104 Å². The van der Waals surface area contributed by atoms with Gasteiger partial charge in [-0.1, -0.05) is 13.8 Å². The SMILES string of the molecule is CC1(C)COP(=O)(O)O[C@H]1C(=O)NCCC(=O)O. The van der Waals surface area contributed by atoms with Crippen molar-refractivity contribution in [2.24, 2.45) is 5.41 Å². The fourth-order valence-corrected chi connectivity index (χ4v) is 2.62. The largest absolute Gasteiger partial charge is 0.481 e. The standard InChI is InChI=1S/C9H16NO7P/c1-9(2)5-16-18(14,15)17-7(9)8(13)10-4-3-6(11)12/h7H,3-5H2,1-2H3,(H,10,13)(H,11,12)(H,14,15)/t7-/m0/s1. The minimum absolute atomic E-state index is 0.0688. The summed E-state index contributed by atoms with van der Waals surface area (Å²) in [5, 5.41) is 10.8. The van der Waals surface area contributed by atoms with Crippen molar-refractivity contribution in [1.29, 1.82) is 0 Å². The molecule has 0 aliphatic carbocycles. The van der Waals surface area contributed by atoms with Crippen molar-refractivity contribution < 1.29 is 33.2 Å². The number of hydrogen-bond donors (Lipinski definition) is 3. The summed E-state index contributed by atoms with van der Waals surface area (Å²) >= 11 is 0. The van der Waals surface area contributed by atoms with Crippen molar-refractivity contribution in [2.45, 2.75) is 26.4 Å². The molecule has 1 amide bonds. The van der Waals surface area contributed by atoms with Crippen molar-refractivity contribution >= 4 is 19.7 Å². The number of phosphoric ester groups is 1.